The third-order valence-corrected chi connectivity index (χ3v) is 2.51. The fourth-order valence-electron chi connectivity index (χ4n) is 1.36. The number of ether oxygens (including phenoxy) is 1. The largest absolute Gasteiger partial charge is 0.497 e. The average Bonchev–Trinajstić information content (AvgIpc) is 2.82. The normalized spacial score (nSPS) is 10.4. The minimum atomic E-state index is -1.26. The highest BCUT2D eigenvalue weighted by atomic mass is 35.5. The number of methoxy groups -OCH3 is 1. The topological polar surface area (TPSA) is 72.6 Å². The molecule has 7 heteroatoms. The van der Waals surface area contributed by atoms with Gasteiger partial charge in [0.15, 0.2) is 17.3 Å². The molecule has 0 fully saturated rings. The number of nitrogens with zero attached hydrogens (tertiary/aromatic N) is 1. The van der Waals surface area contributed by atoms with E-state index in [9.17, 15) is 9.18 Å². The monoisotopic (exact) mass is 271 g/mol. The van der Waals surface area contributed by atoms with Crippen molar-refractivity contribution in [2.45, 2.75) is 0 Å². The molecule has 0 radical (unpaired) electrons. The molecule has 0 aliphatic heterocycles. The quantitative estimate of drug-likeness (QED) is 0.929. The molecule has 0 saturated carbocycles. The van der Waals surface area contributed by atoms with Crippen molar-refractivity contribution in [3.8, 4) is 17.1 Å². The van der Waals surface area contributed by atoms with Crippen LogP contribution in [0.4, 0.5) is 4.39 Å². The van der Waals surface area contributed by atoms with E-state index in [1.807, 2.05) is 0 Å². The van der Waals surface area contributed by atoms with Crippen LogP contribution >= 0.6 is 11.6 Å². The number of hydrogen-bond acceptors (Lipinski definition) is 4. The van der Waals surface area contributed by atoms with Crippen molar-refractivity contribution in [1.29, 1.82) is 0 Å². The first-order valence-corrected chi connectivity index (χ1v) is 5.14. The summed E-state index contributed by atoms with van der Waals surface area (Å²) in [7, 11) is 1.40. The molecule has 0 amide bonds. The van der Waals surface area contributed by atoms with E-state index < -0.39 is 11.8 Å². The van der Waals surface area contributed by atoms with E-state index in [2.05, 4.69) is 5.16 Å². The van der Waals surface area contributed by atoms with E-state index in [-0.39, 0.29) is 22.0 Å². The van der Waals surface area contributed by atoms with E-state index >= 15 is 0 Å². The number of halogens is 2. The fraction of sp³-hybridized carbons (Fsp3) is 0.0909. The van der Waals surface area contributed by atoms with Crippen molar-refractivity contribution in [2.24, 2.45) is 0 Å². The van der Waals surface area contributed by atoms with Crippen LogP contribution in [0, 0.1) is 5.82 Å². The third kappa shape index (κ3) is 2.14. The molecule has 0 unspecified atom stereocenters. The lowest BCUT2D eigenvalue weighted by atomic mass is 10.1. The highest BCUT2D eigenvalue weighted by Crippen LogP contribution is 2.32. The van der Waals surface area contributed by atoms with Crippen LogP contribution < -0.4 is 4.74 Å². The smallest absolute Gasteiger partial charge is 0.358 e. The Morgan fingerprint density at radius 3 is 2.78 bits per heavy atom. The highest BCUT2D eigenvalue weighted by Gasteiger charge is 2.18. The van der Waals surface area contributed by atoms with E-state index in [0.717, 1.165) is 6.07 Å². The molecule has 1 aromatic heterocycles. The second kappa shape index (κ2) is 4.66. The Kier molecular flexibility index (Phi) is 3.20. The van der Waals surface area contributed by atoms with Crippen molar-refractivity contribution in [1.82, 2.24) is 5.16 Å². The summed E-state index contributed by atoms with van der Waals surface area (Å²) >= 11 is 5.68. The van der Waals surface area contributed by atoms with E-state index in [0.29, 0.717) is 5.75 Å². The Bertz CT molecular complexity index is 611. The third-order valence-electron chi connectivity index (χ3n) is 2.23. The van der Waals surface area contributed by atoms with Crippen LogP contribution in [0.15, 0.2) is 22.7 Å². The Balaban J connectivity index is 2.55. The van der Waals surface area contributed by atoms with Gasteiger partial charge in [0.1, 0.15) is 5.75 Å². The summed E-state index contributed by atoms with van der Waals surface area (Å²) in [6.07, 6.45) is 0. The lowest BCUT2D eigenvalue weighted by molar-refractivity contribution is 0.0686. The first-order chi connectivity index (χ1) is 8.52. The zero-order chi connectivity index (χ0) is 13.3. The molecule has 18 heavy (non-hydrogen) atoms. The van der Waals surface area contributed by atoms with Crippen LogP contribution in [-0.2, 0) is 0 Å². The second-order valence-corrected chi connectivity index (χ2v) is 3.76. The van der Waals surface area contributed by atoms with Gasteiger partial charge in [-0.1, -0.05) is 16.8 Å². The highest BCUT2D eigenvalue weighted by molar-refractivity contribution is 6.31. The summed E-state index contributed by atoms with van der Waals surface area (Å²) < 4.78 is 23.5. The van der Waals surface area contributed by atoms with Crippen LogP contribution in [-0.4, -0.2) is 23.3 Å². The van der Waals surface area contributed by atoms with Crippen LogP contribution in [0.1, 0.15) is 10.5 Å². The molecule has 1 aromatic carbocycles. The number of hydrogen-bond donors (Lipinski definition) is 1. The standard InChI is InChI=1S/C11H7ClFNO4/c1-17-5-2-6(10(13)7(12)3-5)9-4-8(11(15)16)14-18-9/h2-4H,1H3,(H,15,16). The molecule has 0 saturated heterocycles. The summed E-state index contributed by atoms with van der Waals surface area (Å²) in [5.41, 5.74) is -0.331. The zero-order valence-corrected chi connectivity index (χ0v) is 9.86. The Labute approximate surface area is 106 Å². The van der Waals surface area contributed by atoms with Gasteiger partial charge in [0, 0.05) is 12.1 Å². The molecule has 2 aromatic rings. The Morgan fingerprint density at radius 1 is 1.50 bits per heavy atom. The first-order valence-electron chi connectivity index (χ1n) is 4.76. The molecule has 1 heterocycles. The molecule has 5 nitrogen and oxygen atoms in total. The predicted octanol–water partition coefficient (Wildman–Crippen LogP) is 2.84. The molecule has 0 atom stereocenters. The summed E-state index contributed by atoms with van der Waals surface area (Å²) in [5, 5.41) is 11.8. The second-order valence-electron chi connectivity index (χ2n) is 3.35. The van der Waals surface area contributed by atoms with Gasteiger partial charge in [0.25, 0.3) is 0 Å². The van der Waals surface area contributed by atoms with E-state index in [1.54, 1.807) is 0 Å². The molecule has 0 bridgehead atoms. The summed E-state index contributed by atoms with van der Waals surface area (Å²) in [6, 6.07) is 3.75. The molecule has 2 rings (SSSR count). The van der Waals surface area contributed by atoms with Gasteiger partial charge in [-0.2, -0.15) is 0 Å². The predicted molar refractivity (Wildman–Crippen MR) is 60.4 cm³/mol. The molecule has 1 N–H and O–H groups in total. The van der Waals surface area contributed by atoms with Gasteiger partial charge in [-0.15, -0.1) is 0 Å². The maximum Gasteiger partial charge on any atom is 0.358 e. The number of carbonyl (C=O) groups is 1. The Hall–Kier alpha value is -2.08. The molecule has 0 spiro atoms. The van der Waals surface area contributed by atoms with Gasteiger partial charge >= 0.3 is 5.97 Å². The number of carboxylic acid groups (broad SMARTS) is 1. The summed E-state index contributed by atoms with van der Waals surface area (Å²) in [4.78, 5) is 10.7. The van der Waals surface area contributed by atoms with Crippen LogP contribution in [0.25, 0.3) is 11.3 Å². The number of rotatable bonds is 3. The minimum Gasteiger partial charge on any atom is -0.497 e. The van der Waals surface area contributed by atoms with Gasteiger partial charge in [-0.25, -0.2) is 9.18 Å². The van der Waals surface area contributed by atoms with Crippen molar-refractivity contribution < 1.29 is 23.6 Å². The van der Waals surface area contributed by atoms with Crippen molar-refractivity contribution >= 4 is 17.6 Å². The van der Waals surface area contributed by atoms with Crippen molar-refractivity contribution in [3.05, 3.63) is 34.7 Å². The lowest BCUT2D eigenvalue weighted by Gasteiger charge is -2.05. The maximum absolute atomic E-state index is 13.8. The van der Waals surface area contributed by atoms with Crippen LogP contribution in [0.3, 0.4) is 0 Å². The molecular weight excluding hydrogens is 265 g/mol. The van der Waals surface area contributed by atoms with Crippen molar-refractivity contribution in [3.63, 3.8) is 0 Å². The van der Waals surface area contributed by atoms with Gasteiger partial charge in [0.05, 0.1) is 17.7 Å². The van der Waals surface area contributed by atoms with E-state index in [4.69, 9.17) is 26.0 Å². The van der Waals surface area contributed by atoms with Crippen molar-refractivity contribution in [2.75, 3.05) is 7.11 Å². The number of aromatic carboxylic acids is 1. The molecule has 0 aliphatic carbocycles. The minimum absolute atomic E-state index is 0.0145. The van der Waals surface area contributed by atoms with Gasteiger partial charge in [-0.3, -0.25) is 0 Å². The number of aromatic nitrogens is 1. The maximum atomic E-state index is 13.8. The van der Waals surface area contributed by atoms with Crippen LogP contribution in [0.5, 0.6) is 5.75 Å². The Morgan fingerprint density at radius 2 is 2.22 bits per heavy atom. The van der Waals surface area contributed by atoms with Crippen LogP contribution in [0.2, 0.25) is 5.02 Å². The fourth-order valence-corrected chi connectivity index (χ4v) is 1.57. The van der Waals surface area contributed by atoms with E-state index in [1.165, 1.54) is 19.2 Å². The average molecular weight is 272 g/mol. The SMILES string of the molecule is COc1cc(Cl)c(F)c(-c2cc(C(=O)O)no2)c1. The molecule has 0 aliphatic rings. The first kappa shape index (κ1) is 12.4. The summed E-state index contributed by atoms with van der Waals surface area (Å²) in [6.45, 7) is 0. The molecule has 94 valence electrons. The van der Waals surface area contributed by atoms with Gasteiger partial charge < -0.3 is 14.4 Å². The molecular formula is C11H7ClFNO4. The zero-order valence-electron chi connectivity index (χ0n) is 9.11. The number of carboxylic acids is 1. The summed E-state index contributed by atoms with van der Waals surface area (Å²) in [5.74, 6) is -1.71. The number of benzene rings is 1. The van der Waals surface area contributed by atoms with Gasteiger partial charge in [-0.05, 0) is 6.07 Å². The lowest BCUT2D eigenvalue weighted by Crippen LogP contribution is -1.94. The van der Waals surface area contributed by atoms with Gasteiger partial charge in [0.2, 0.25) is 0 Å².